The van der Waals surface area contributed by atoms with Crippen LogP contribution in [0.25, 0.3) is 0 Å². The molecule has 0 atom stereocenters. The van der Waals surface area contributed by atoms with E-state index in [9.17, 15) is 10.1 Å². The van der Waals surface area contributed by atoms with Gasteiger partial charge in [0.2, 0.25) is 11.6 Å². The monoisotopic (exact) mass is 307 g/mol. The second-order valence-corrected chi connectivity index (χ2v) is 4.66. The number of nitro benzene ring substituents is 1. The molecule has 1 heterocycles. The molecule has 0 aliphatic carbocycles. The Bertz CT molecular complexity index is 649. The van der Waals surface area contributed by atoms with E-state index >= 15 is 0 Å². The molecule has 2 rings (SSSR count). The number of pyridine rings is 1. The van der Waals surface area contributed by atoms with Crippen LogP contribution in [0, 0.1) is 10.1 Å². The molecule has 1 aromatic heterocycles. The van der Waals surface area contributed by atoms with E-state index in [1.165, 1.54) is 18.2 Å². The summed E-state index contributed by atoms with van der Waals surface area (Å²) in [7, 11) is 0. The van der Waals surface area contributed by atoms with Crippen molar-refractivity contribution in [1.82, 2.24) is 10.3 Å². The van der Waals surface area contributed by atoms with E-state index in [1.54, 1.807) is 12.3 Å². The molecule has 110 valence electrons. The van der Waals surface area contributed by atoms with Gasteiger partial charge in [-0.1, -0.05) is 24.6 Å². The van der Waals surface area contributed by atoms with Gasteiger partial charge in [0.05, 0.1) is 4.92 Å². The van der Waals surface area contributed by atoms with Crippen molar-refractivity contribution in [2.75, 3.05) is 6.54 Å². The van der Waals surface area contributed by atoms with Crippen molar-refractivity contribution in [2.45, 2.75) is 13.5 Å². The number of nitrogens with one attached hydrogen (secondary N) is 1. The van der Waals surface area contributed by atoms with Gasteiger partial charge in [0.15, 0.2) is 0 Å². The minimum atomic E-state index is -0.534. The van der Waals surface area contributed by atoms with E-state index in [0.29, 0.717) is 12.4 Å². The molecular formula is C14H14ClN3O3. The number of rotatable bonds is 6. The molecule has 0 aliphatic heterocycles. The average Bonchev–Trinajstić information content (AvgIpc) is 2.48. The number of ether oxygens (including phenoxy) is 1. The number of halogens is 1. The fourth-order valence-electron chi connectivity index (χ4n) is 1.73. The summed E-state index contributed by atoms with van der Waals surface area (Å²) in [5, 5.41) is 14.5. The number of nitrogens with zero attached hydrogens (tertiary/aromatic N) is 2. The summed E-state index contributed by atoms with van der Waals surface area (Å²) >= 11 is 5.78. The first-order chi connectivity index (χ1) is 10.1. The fraction of sp³-hybridized carbons (Fsp3) is 0.214. The Hall–Kier alpha value is -2.18. The molecule has 0 spiro atoms. The average molecular weight is 308 g/mol. The van der Waals surface area contributed by atoms with Crippen molar-refractivity contribution in [3.8, 4) is 11.6 Å². The SMILES string of the molecule is CCNCc1cccnc1Oc1ccc(Cl)cc1[N+](=O)[O-]. The number of hydrogen-bond donors (Lipinski definition) is 1. The maximum Gasteiger partial charge on any atom is 0.313 e. The first-order valence-corrected chi connectivity index (χ1v) is 6.76. The molecular weight excluding hydrogens is 294 g/mol. The lowest BCUT2D eigenvalue weighted by Crippen LogP contribution is -2.12. The van der Waals surface area contributed by atoms with E-state index in [2.05, 4.69) is 10.3 Å². The summed E-state index contributed by atoms with van der Waals surface area (Å²) in [6.07, 6.45) is 1.58. The van der Waals surface area contributed by atoms with Crippen LogP contribution in [0.2, 0.25) is 5.02 Å². The zero-order valence-electron chi connectivity index (χ0n) is 11.4. The second kappa shape index (κ2) is 7.01. The van der Waals surface area contributed by atoms with Gasteiger partial charge in [0, 0.05) is 29.4 Å². The number of nitro groups is 1. The number of aromatic nitrogens is 1. The Morgan fingerprint density at radius 1 is 1.43 bits per heavy atom. The van der Waals surface area contributed by atoms with Crippen molar-refractivity contribution in [3.05, 3.63) is 57.2 Å². The molecule has 0 bridgehead atoms. The highest BCUT2D eigenvalue weighted by Gasteiger charge is 2.18. The van der Waals surface area contributed by atoms with Gasteiger partial charge < -0.3 is 10.1 Å². The van der Waals surface area contributed by atoms with Gasteiger partial charge in [-0.05, 0) is 24.7 Å². The third kappa shape index (κ3) is 3.90. The van der Waals surface area contributed by atoms with Crippen LogP contribution < -0.4 is 10.1 Å². The number of benzene rings is 1. The lowest BCUT2D eigenvalue weighted by molar-refractivity contribution is -0.385. The Kier molecular flexibility index (Phi) is 5.08. The summed E-state index contributed by atoms with van der Waals surface area (Å²) in [4.78, 5) is 14.7. The minimum absolute atomic E-state index is 0.112. The first kappa shape index (κ1) is 15.2. The summed E-state index contributed by atoms with van der Waals surface area (Å²) in [6.45, 7) is 3.36. The molecule has 0 amide bonds. The predicted octanol–water partition coefficient (Wildman–Crippen LogP) is 3.55. The highest BCUT2D eigenvalue weighted by Crippen LogP contribution is 2.33. The molecule has 0 radical (unpaired) electrons. The topological polar surface area (TPSA) is 77.3 Å². The van der Waals surface area contributed by atoms with Crippen LogP contribution >= 0.6 is 11.6 Å². The lowest BCUT2D eigenvalue weighted by Gasteiger charge is -2.10. The van der Waals surface area contributed by atoms with Crippen LogP contribution in [-0.2, 0) is 6.54 Å². The van der Waals surface area contributed by atoms with Crippen LogP contribution in [0.1, 0.15) is 12.5 Å². The van der Waals surface area contributed by atoms with E-state index in [1.807, 2.05) is 13.0 Å². The van der Waals surface area contributed by atoms with Crippen LogP contribution in [0.4, 0.5) is 5.69 Å². The standard InChI is InChI=1S/C14H14ClN3O3/c1-2-16-9-10-4-3-7-17-14(10)21-13-6-5-11(15)8-12(13)18(19)20/h3-8,16H,2,9H2,1H3. The minimum Gasteiger partial charge on any atom is -0.431 e. The number of hydrogen-bond acceptors (Lipinski definition) is 5. The van der Waals surface area contributed by atoms with Crippen molar-refractivity contribution >= 4 is 17.3 Å². The molecule has 0 fully saturated rings. The quantitative estimate of drug-likeness (QED) is 0.652. The lowest BCUT2D eigenvalue weighted by atomic mass is 10.2. The maximum atomic E-state index is 11.1. The molecule has 21 heavy (non-hydrogen) atoms. The van der Waals surface area contributed by atoms with Crippen LogP contribution in [0.3, 0.4) is 0 Å². The summed E-state index contributed by atoms with van der Waals surface area (Å²) in [5.41, 5.74) is 0.631. The van der Waals surface area contributed by atoms with Crippen molar-refractivity contribution < 1.29 is 9.66 Å². The van der Waals surface area contributed by atoms with Gasteiger partial charge >= 0.3 is 5.69 Å². The van der Waals surface area contributed by atoms with Gasteiger partial charge in [-0.2, -0.15) is 0 Å². The first-order valence-electron chi connectivity index (χ1n) is 6.38. The van der Waals surface area contributed by atoms with E-state index in [4.69, 9.17) is 16.3 Å². The molecule has 0 saturated carbocycles. The molecule has 0 aliphatic rings. The van der Waals surface area contributed by atoms with Gasteiger partial charge in [-0.25, -0.2) is 4.98 Å². The second-order valence-electron chi connectivity index (χ2n) is 4.22. The fourth-order valence-corrected chi connectivity index (χ4v) is 1.90. The van der Waals surface area contributed by atoms with Crippen molar-refractivity contribution in [1.29, 1.82) is 0 Å². The van der Waals surface area contributed by atoms with Crippen LogP contribution in [0.5, 0.6) is 11.6 Å². The molecule has 0 saturated heterocycles. The molecule has 1 aromatic carbocycles. The van der Waals surface area contributed by atoms with Crippen molar-refractivity contribution in [2.24, 2.45) is 0 Å². The third-order valence-electron chi connectivity index (χ3n) is 2.74. The molecule has 1 N–H and O–H groups in total. The van der Waals surface area contributed by atoms with Gasteiger partial charge in [0.25, 0.3) is 0 Å². The van der Waals surface area contributed by atoms with E-state index in [-0.39, 0.29) is 16.5 Å². The summed E-state index contributed by atoms with van der Waals surface area (Å²) < 4.78 is 5.60. The highest BCUT2D eigenvalue weighted by molar-refractivity contribution is 6.30. The van der Waals surface area contributed by atoms with Crippen LogP contribution in [0.15, 0.2) is 36.5 Å². The van der Waals surface area contributed by atoms with Crippen molar-refractivity contribution in [3.63, 3.8) is 0 Å². The smallest absolute Gasteiger partial charge is 0.313 e. The highest BCUT2D eigenvalue weighted by atomic mass is 35.5. The van der Waals surface area contributed by atoms with Gasteiger partial charge in [-0.3, -0.25) is 10.1 Å². The third-order valence-corrected chi connectivity index (χ3v) is 2.97. The Morgan fingerprint density at radius 3 is 2.95 bits per heavy atom. The van der Waals surface area contributed by atoms with E-state index in [0.717, 1.165) is 12.1 Å². The van der Waals surface area contributed by atoms with E-state index < -0.39 is 4.92 Å². The summed E-state index contributed by atoms with van der Waals surface area (Å²) in [6, 6.07) is 7.90. The Morgan fingerprint density at radius 2 is 2.24 bits per heavy atom. The molecule has 7 heteroatoms. The Labute approximate surface area is 126 Å². The Balaban J connectivity index is 2.32. The summed E-state index contributed by atoms with van der Waals surface area (Å²) in [5.74, 6) is 0.449. The molecule has 2 aromatic rings. The van der Waals surface area contributed by atoms with Gasteiger partial charge in [-0.15, -0.1) is 0 Å². The largest absolute Gasteiger partial charge is 0.431 e. The molecule has 6 nitrogen and oxygen atoms in total. The zero-order chi connectivity index (χ0) is 15.2. The zero-order valence-corrected chi connectivity index (χ0v) is 12.1. The van der Waals surface area contributed by atoms with Crippen LogP contribution in [-0.4, -0.2) is 16.5 Å². The normalized spacial score (nSPS) is 10.4. The maximum absolute atomic E-state index is 11.1. The van der Waals surface area contributed by atoms with Gasteiger partial charge in [0.1, 0.15) is 0 Å². The predicted molar refractivity (Wildman–Crippen MR) is 79.8 cm³/mol. The molecule has 0 unspecified atom stereocenters.